The number of amides is 1. The molecular formula is C22H16BrN7O3S. The Morgan fingerprint density at radius 2 is 1.91 bits per heavy atom. The van der Waals surface area contributed by atoms with Gasteiger partial charge >= 0.3 is 0 Å². The Morgan fingerprint density at radius 3 is 2.65 bits per heavy atom. The summed E-state index contributed by atoms with van der Waals surface area (Å²) in [7, 11) is 0. The summed E-state index contributed by atoms with van der Waals surface area (Å²) in [6, 6.07) is 17.3. The largest absolute Gasteiger partial charge is 0.272 e. The first-order valence-electron chi connectivity index (χ1n) is 9.82. The molecule has 0 fully saturated rings. The van der Waals surface area contributed by atoms with Crippen molar-refractivity contribution in [2.45, 2.75) is 5.16 Å². The molecule has 0 unspecified atom stereocenters. The van der Waals surface area contributed by atoms with E-state index in [2.05, 4.69) is 41.6 Å². The van der Waals surface area contributed by atoms with Gasteiger partial charge in [-0.3, -0.25) is 24.5 Å². The number of nitro benzene ring substituents is 1. The highest BCUT2D eigenvalue weighted by molar-refractivity contribution is 9.10. The number of pyridine rings is 1. The second kappa shape index (κ2) is 10.8. The van der Waals surface area contributed by atoms with Crippen molar-refractivity contribution in [2.75, 3.05) is 5.75 Å². The van der Waals surface area contributed by atoms with Gasteiger partial charge in [0.25, 0.3) is 11.6 Å². The third kappa shape index (κ3) is 5.71. The minimum absolute atomic E-state index is 0.0390. The molecule has 170 valence electrons. The van der Waals surface area contributed by atoms with Gasteiger partial charge in [0.2, 0.25) is 0 Å². The topological polar surface area (TPSA) is 128 Å². The number of hydrogen-bond donors (Lipinski definition) is 1. The SMILES string of the molecule is O=C(CSc1nnc(-c2ccncc2)n1-c1ccc(Br)cc1)NN=Cc1cccc([N+](=O)[O-])c1. The lowest BCUT2D eigenvalue weighted by atomic mass is 10.2. The molecular weight excluding hydrogens is 522 g/mol. The molecule has 4 rings (SSSR count). The quantitative estimate of drug-likeness (QED) is 0.154. The van der Waals surface area contributed by atoms with Gasteiger partial charge in [-0.2, -0.15) is 5.10 Å². The van der Waals surface area contributed by atoms with Crippen molar-refractivity contribution in [1.82, 2.24) is 25.2 Å². The highest BCUT2D eigenvalue weighted by Crippen LogP contribution is 2.28. The van der Waals surface area contributed by atoms with Crippen molar-refractivity contribution in [3.63, 3.8) is 0 Å². The number of benzene rings is 2. The Morgan fingerprint density at radius 1 is 1.15 bits per heavy atom. The standard InChI is InChI=1S/C22H16BrN7O3S/c23-17-4-6-18(7-5-17)29-21(16-8-10-24-11-9-16)27-28-22(29)34-14-20(31)26-25-13-15-2-1-3-19(12-15)30(32)33/h1-13H,14H2,(H,26,31). The number of halogens is 1. The second-order valence-electron chi connectivity index (χ2n) is 6.79. The van der Waals surface area contributed by atoms with Crippen LogP contribution in [0.1, 0.15) is 5.56 Å². The lowest BCUT2D eigenvalue weighted by molar-refractivity contribution is -0.384. The van der Waals surface area contributed by atoms with Gasteiger partial charge in [0.15, 0.2) is 11.0 Å². The van der Waals surface area contributed by atoms with Crippen molar-refractivity contribution < 1.29 is 9.72 Å². The number of rotatable bonds is 8. The number of hydrogen-bond acceptors (Lipinski definition) is 8. The Balaban J connectivity index is 1.48. The maximum Gasteiger partial charge on any atom is 0.270 e. The number of aromatic nitrogens is 4. The second-order valence-corrected chi connectivity index (χ2v) is 8.65. The van der Waals surface area contributed by atoms with E-state index in [1.54, 1.807) is 24.5 Å². The zero-order valence-electron chi connectivity index (χ0n) is 17.4. The number of non-ortho nitro benzene ring substituents is 1. The van der Waals surface area contributed by atoms with E-state index < -0.39 is 4.92 Å². The summed E-state index contributed by atoms with van der Waals surface area (Å²) < 4.78 is 2.80. The summed E-state index contributed by atoms with van der Waals surface area (Å²) in [6.07, 6.45) is 4.70. The minimum Gasteiger partial charge on any atom is -0.272 e. The molecule has 0 spiro atoms. The van der Waals surface area contributed by atoms with E-state index in [1.807, 2.05) is 41.0 Å². The van der Waals surface area contributed by atoms with Crippen LogP contribution in [0.25, 0.3) is 17.1 Å². The maximum atomic E-state index is 12.3. The molecule has 0 saturated carbocycles. The molecule has 10 nitrogen and oxygen atoms in total. The Kier molecular flexibility index (Phi) is 7.40. The van der Waals surface area contributed by atoms with E-state index in [9.17, 15) is 14.9 Å². The highest BCUT2D eigenvalue weighted by Gasteiger charge is 2.17. The molecule has 2 heterocycles. The third-order valence-electron chi connectivity index (χ3n) is 4.47. The zero-order chi connectivity index (χ0) is 23.9. The molecule has 4 aromatic rings. The van der Waals surface area contributed by atoms with Crippen LogP contribution in [0.4, 0.5) is 5.69 Å². The van der Waals surface area contributed by atoms with E-state index in [0.717, 1.165) is 15.7 Å². The monoisotopic (exact) mass is 537 g/mol. The van der Waals surface area contributed by atoms with Crippen LogP contribution in [-0.4, -0.2) is 42.5 Å². The molecule has 0 bridgehead atoms. The number of nitro groups is 1. The molecule has 2 aromatic heterocycles. The third-order valence-corrected chi connectivity index (χ3v) is 5.93. The summed E-state index contributed by atoms with van der Waals surface area (Å²) >= 11 is 4.65. The van der Waals surface area contributed by atoms with Gasteiger partial charge in [-0.05, 0) is 36.4 Å². The number of carbonyl (C=O) groups excluding carboxylic acids is 1. The normalized spacial score (nSPS) is 11.0. The van der Waals surface area contributed by atoms with Gasteiger partial charge in [-0.15, -0.1) is 10.2 Å². The first-order chi connectivity index (χ1) is 16.5. The van der Waals surface area contributed by atoms with Crippen molar-refractivity contribution in [3.8, 4) is 17.1 Å². The Bertz CT molecular complexity index is 1340. The summed E-state index contributed by atoms with van der Waals surface area (Å²) in [5, 5.41) is 23.9. The maximum absolute atomic E-state index is 12.3. The van der Waals surface area contributed by atoms with Crippen molar-refractivity contribution in [2.24, 2.45) is 5.10 Å². The summed E-state index contributed by atoms with van der Waals surface area (Å²) in [5.74, 6) is 0.302. The zero-order valence-corrected chi connectivity index (χ0v) is 19.8. The van der Waals surface area contributed by atoms with Crippen molar-refractivity contribution >= 4 is 45.5 Å². The van der Waals surface area contributed by atoms with Crippen molar-refractivity contribution in [3.05, 3.63) is 93.2 Å². The van der Waals surface area contributed by atoms with Gasteiger partial charge in [0.1, 0.15) is 0 Å². The van der Waals surface area contributed by atoms with E-state index in [1.165, 1.54) is 30.1 Å². The van der Waals surface area contributed by atoms with Crippen LogP contribution in [-0.2, 0) is 4.79 Å². The fourth-order valence-electron chi connectivity index (χ4n) is 2.93. The number of nitrogens with zero attached hydrogens (tertiary/aromatic N) is 6. The van der Waals surface area contributed by atoms with Crippen LogP contribution in [0.2, 0.25) is 0 Å². The van der Waals surface area contributed by atoms with Crippen LogP contribution in [0.3, 0.4) is 0 Å². The minimum atomic E-state index is -0.492. The molecule has 1 amide bonds. The lowest BCUT2D eigenvalue weighted by Crippen LogP contribution is -2.20. The molecule has 0 aliphatic carbocycles. The highest BCUT2D eigenvalue weighted by atomic mass is 79.9. The fraction of sp³-hybridized carbons (Fsp3) is 0.0455. The predicted octanol–water partition coefficient (Wildman–Crippen LogP) is 4.24. The van der Waals surface area contributed by atoms with Gasteiger partial charge in [0.05, 0.1) is 16.9 Å². The van der Waals surface area contributed by atoms with Crippen LogP contribution < -0.4 is 5.43 Å². The molecule has 1 N–H and O–H groups in total. The molecule has 12 heteroatoms. The van der Waals surface area contributed by atoms with Crippen molar-refractivity contribution in [1.29, 1.82) is 0 Å². The van der Waals surface area contributed by atoms with Gasteiger partial charge in [-0.1, -0.05) is 39.8 Å². The number of nitrogens with one attached hydrogen (secondary N) is 1. The molecule has 2 aromatic carbocycles. The average Bonchev–Trinajstić information content (AvgIpc) is 3.28. The predicted molar refractivity (Wildman–Crippen MR) is 132 cm³/mol. The number of thioether (sulfide) groups is 1. The Labute approximate surface area is 206 Å². The van der Waals surface area contributed by atoms with Crippen LogP contribution in [0.5, 0.6) is 0 Å². The van der Waals surface area contributed by atoms with Crippen LogP contribution >= 0.6 is 27.7 Å². The van der Waals surface area contributed by atoms with E-state index in [-0.39, 0.29) is 17.3 Å². The molecule has 0 saturated heterocycles. The first kappa shape index (κ1) is 23.3. The number of hydrazone groups is 1. The van der Waals surface area contributed by atoms with E-state index in [4.69, 9.17) is 0 Å². The van der Waals surface area contributed by atoms with Crippen LogP contribution in [0.15, 0.2) is 87.8 Å². The molecule has 0 aliphatic heterocycles. The lowest BCUT2D eigenvalue weighted by Gasteiger charge is -2.10. The molecule has 0 radical (unpaired) electrons. The summed E-state index contributed by atoms with van der Waals surface area (Å²) in [5.41, 5.74) is 4.55. The Hall–Kier alpha value is -3.90. The van der Waals surface area contributed by atoms with E-state index in [0.29, 0.717) is 16.5 Å². The van der Waals surface area contributed by atoms with Crippen LogP contribution in [0, 0.1) is 10.1 Å². The molecule has 0 atom stereocenters. The van der Waals surface area contributed by atoms with E-state index >= 15 is 0 Å². The average molecular weight is 538 g/mol. The molecule has 0 aliphatic rings. The smallest absolute Gasteiger partial charge is 0.270 e. The van der Waals surface area contributed by atoms with Gasteiger partial charge in [-0.25, -0.2) is 5.43 Å². The van der Waals surface area contributed by atoms with Gasteiger partial charge < -0.3 is 0 Å². The fourth-order valence-corrected chi connectivity index (χ4v) is 3.94. The first-order valence-corrected chi connectivity index (χ1v) is 11.6. The molecule has 34 heavy (non-hydrogen) atoms. The van der Waals surface area contributed by atoms with Gasteiger partial charge in [0, 0.05) is 45.8 Å². The summed E-state index contributed by atoms with van der Waals surface area (Å²) in [4.78, 5) is 26.7. The number of carbonyl (C=O) groups is 1. The summed E-state index contributed by atoms with van der Waals surface area (Å²) in [6.45, 7) is 0.